The lowest BCUT2D eigenvalue weighted by Crippen LogP contribution is -2.69. The molecular formula is C15H25N3O. The van der Waals surface area contributed by atoms with Crippen LogP contribution >= 0.6 is 0 Å². The van der Waals surface area contributed by atoms with Crippen LogP contribution in [0.4, 0.5) is 0 Å². The number of hydrogen-bond donors (Lipinski definition) is 2. The molecule has 0 amide bonds. The molecule has 2 saturated carbocycles. The van der Waals surface area contributed by atoms with E-state index in [2.05, 4.69) is 22.2 Å². The zero-order chi connectivity index (χ0) is 13.3. The quantitative estimate of drug-likeness (QED) is 0.463. The molecule has 1 aliphatic heterocycles. The number of guanidine groups is 1. The van der Waals surface area contributed by atoms with Gasteiger partial charge in [0.25, 0.3) is 0 Å². The number of fused-ring (bicyclic) bond motifs is 2. The molecule has 3 fully saturated rings. The van der Waals surface area contributed by atoms with Gasteiger partial charge in [0.15, 0.2) is 5.96 Å². The second-order valence-corrected chi connectivity index (χ2v) is 6.05. The van der Waals surface area contributed by atoms with Gasteiger partial charge in [-0.05, 0) is 19.3 Å². The molecule has 4 heteroatoms. The molecule has 4 nitrogen and oxygen atoms in total. The number of aliphatic imine (C=N–C) groups is 1. The summed E-state index contributed by atoms with van der Waals surface area (Å²) in [5.74, 6) is 1.59. The molecule has 19 heavy (non-hydrogen) atoms. The number of nitrogens with zero attached hydrogens (tertiary/aromatic N) is 1. The Balaban J connectivity index is 1.70. The fraction of sp³-hybridized carbons (Fsp3) is 0.800. The molecule has 2 aliphatic carbocycles. The molecule has 0 aromatic carbocycles. The summed E-state index contributed by atoms with van der Waals surface area (Å²) < 4.78 is 6.00. The Kier molecular flexibility index (Phi) is 3.52. The fourth-order valence-electron chi connectivity index (χ4n) is 4.41. The van der Waals surface area contributed by atoms with Gasteiger partial charge >= 0.3 is 0 Å². The largest absolute Gasteiger partial charge is 0.377 e. The Hall–Kier alpha value is -1.03. The first-order chi connectivity index (χ1) is 9.31. The van der Waals surface area contributed by atoms with Gasteiger partial charge < -0.3 is 15.4 Å². The van der Waals surface area contributed by atoms with E-state index in [-0.39, 0.29) is 0 Å². The zero-order valence-electron chi connectivity index (χ0n) is 11.8. The fourth-order valence-corrected chi connectivity index (χ4v) is 4.41. The molecule has 3 aliphatic rings. The topological polar surface area (TPSA) is 45.7 Å². The molecule has 0 bridgehead atoms. The molecule has 2 N–H and O–H groups in total. The van der Waals surface area contributed by atoms with Gasteiger partial charge in [0, 0.05) is 37.6 Å². The van der Waals surface area contributed by atoms with E-state index < -0.39 is 0 Å². The van der Waals surface area contributed by atoms with Crippen molar-refractivity contribution in [3.8, 4) is 0 Å². The van der Waals surface area contributed by atoms with E-state index in [1.807, 2.05) is 13.1 Å². The van der Waals surface area contributed by atoms with Crippen LogP contribution in [-0.2, 0) is 4.74 Å². The summed E-state index contributed by atoms with van der Waals surface area (Å²) in [4.78, 5) is 4.32. The average molecular weight is 263 g/mol. The predicted molar refractivity (Wildman–Crippen MR) is 77.2 cm³/mol. The van der Waals surface area contributed by atoms with Crippen LogP contribution in [0.2, 0.25) is 0 Å². The van der Waals surface area contributed by atoms with Crippen molar-refractivity contribution in [2.45, 2.75) is 44.2 Å². The van der Waals surface area contributed by atoms with E-state index in [4.69, 9.17) is 4.74 Å². The number of rotatable bonds is 3. The minimum atomic E-state index is 0.382. The predicted octanol–water partition coefficient (Wildman–Crippen LogP) is 1.69. The Bertz CT molecular complexity index is 374. The van der Waals surface area contributed by atoms with Gasteiger partial charge in [-0.3, -0.25) is 4.99 Å². The van der Waals surface area contributed by atoms with Crippen molar-refractivity contribution in [2.75, 3.05) is 20.2 Å². The molecule has 1 heterocycles. The van der Waals surface area contributed by atoms with Gasteiger partial charge in [0.1, 0.15) is 0 Å². The normalized spacial score (nSPS) is 35.8. The summed E-state index contributed by atoms with van der Waals surface area (Å²) in [5.41, 5.74) is 0.382. The Morgan fingerprint density at radius 3 is 2.95 bits per heavy atom. The summed E-state index contributed by atoms with van der Waals surface area (Å²) in [5, 5.41) is 6.94. The molecule has 0 radical (unpaired) electrons. The second-order valence-electron chi connectivity index (χ2n) is 6.05. The van der Waals surface area contributed by atoms with Crippen molar-refractivity contribution in [2.24, 2.45) is 16.3 Å². The summed E-state index contributed by atoms with van der Waals surface area (Å²) in [6.45, 7) is 5.43. The van der Waals surface area contributed by atoms with Gasteiger partial charge in [-0.2, -0.15) is 0 Å². The maximum atomic E-state index is 6.00. The Labute approximate surface area is 115 Å². The first kappa shape index (κ1) is 13.0. The molecule has 1 spiro atoms. The highest BCUT2D eigenvalue weighted by Crippen LogP contribution is 2.60. The molecule has 3 unspecified atom stereocenters. The summed E-state index contributed by atoms with van der Waals surface area (Å²) >= 11 is 0. The maximum Gasteiger partial charge on any atom is 0.191 e. The molecule has 3 rings (SSSR count). The summed E-state index contributed by atoms with van der Waals surface area (Å²) in [6, 6.07) is 0.540. The van der Waals surface area contributed by atoms with Crippen molar-refractivity contribution < 1.29 is 4.74 Å². The van der Waals surface area contributed by atoms with Crippen molar-refractivity contribution in [1.82, 2.24) is 10.6 Å². The number of hydrogen-bond acceptors (Lipinski definition) is 2. The molecule has 106 valence electrons. The van der Waals surface area contributed by atoms with Crippen molar-refractivity contribution in [1.29, 1.82) is 0 Å². The minimum Gasteiger partial charge on any atom is -0.377 e. The SMILES string of the molecule is C=CCNC(=NC)NC1C2CCOC2C12CCCC2. The lowest BCUT2D eigenvalue weighted by atomic mass is 9.54. The maximum absolute atomic E-state index is 6.00. The lowest BCUT2D eigenvalue weighted by Gasteiger charge is -2.57. The molecule has 0 aromatic rings. The third-order valence-electron chi connectivity index (χ3n) is 5.22. The molecular weight excluding hydrogens is 238 g/mol. The van der Waals surface area contributed by atoms with Crippen LogP contribution < -0.4 is 10.6 Å². The van der Waals surface area contributed by atoms with E-state index in [9.17, 15) is 0 Å². The Morgan fingerprint density at radius 1 is 1.47 bits per heavy atom. The van der Waals surface area contributed by atoms with Gasteiger partial charge in [-0.25, -0.2) is 0 Å². The third-order valence-corrected chi connectivity index (χ3v) is 5.22. The van der Waals surface area contributed by atoms with Gasteiger partial charge in [0.2, 0.25) is 0 Å². The molecule has 0 aromatic heterocycles. The van der Waals surface area contributed by atoms with Crippen LogP contribution in [0.5, 0.6) is 0 Å². The first-order valence-electron chi connectivity index (χ1n) is 7.51. The van der Waals surface area contributed by atoms with Crippen LogP contribution in [0.15, 0.2) is 17.6 Å². The van der Waals surface area contributed by atoms with Crippen molar-refractivity contribution in [3.05, 3.63) is 12.7 Å². The Morgan fingerprint density at radius 2 is 2.26 bits per heavy atom. The third kappa shape index (κ3) is 1.97. The zero-order valence-corrected chi connectivity index (χ0v) is 11.8. The highest BCUT2D eigenvalue weighted by Gasteiger charge is 2.65. The van der Waals surface area contributed by atoms with E-state index in [0.29, 0.717) is 23.5 Å². The van der Waals surface area contributed by atoms with Crippen LogP contribution in [0.25, 0.3) is 0 Å². The first-order valence-corrected chi connectivity index (χ1v) is 7.51. The average Bonchev–Trinajstić information content (AvgIpc) is 3.07. The summed E-state index contributed by atoms with van der Waals surface area (Å²) in [7, 11) is 1.83. The standard InChI is InChI=1S/C15H25N3O/c1-3-9-17-14(16-2)18-12-11-6-10-19-13(11)15(12)7-4-5-8-15/h3,11-13H,1,4-10H2,2H3,(H2,16,17,18). The van der Waals surface area contributed by atoms with E-state index in [1.165, 1.54) is 32.1 Å². The number of ether oxygens (including phenoxy) is 1. The van der Waals surface area contributed by atoms with E-state index in [1.54, 1.807) is 0 Å². The molecule has 3 atom stereocenters. The minimum absolute atomic E-state index is 0.382. The van der Waals surface area contributed by atoms with E-state index >= 15 is 0 Å². The highest BCUT2D eigenvalue weighted by atomic mass is 16.5. The lowest BCUT2D eigenvalue weighted by molar-refractivity contribution is -0.125. The van der Waals surface area contributed by atoms with Gasteiger partial charge in [-0.1, -0.05) is 18.9 Å². The highest BCUT2D eigenvalue weighted by molar-refractivity contribution is 5.80. The monoisotopic (exact) mass is 263 g/mol. The van der Waals surface area contributed by atoms with E-state index in [0.717, 1.165) is 19.1 Å². The van der Waals surface area contributed by atoms with Crippen LogP contribution in [0, 0.1) is 11.3 Å². The number of nitrogens with one attached hydrogen (secondary N) is 2. The smallest absolute Gasteiger partial charge is 0.191 e. The van der Waals surface area contributed by atoms with Crippen LogP contribution in [0.1, 0.15) is 32.1 Å². The van der Waals surface area contributed by atoms with Crippen LogP contribution in [0.3, 0.4) is 0 Å². The van der Waals surface area contributed by atoms with Gasteiger partial charge in [0.05, 0.1) is 6.10 Å². The summed E-state index contributed by atoms with van der Waals surface area (Å²) in [6.07, 6.45) is 8.88. The molecule has 1 saturated heterocycles. The van der Waals surface area contributed by atoms with Gasteiger partial charge in [-0.15, -0.1) is 6.58 Å². The van der Waals surface area contributed by atoms with Crippen molar-refractivity contribution >= 4 is 5.96 Å². The second kappa shape index (κ2) is 5.16. The van der Waals surface area contributed by atoms with Crippen LogP contribution in [-0.4, -0.2) is 38.3 Å². The van der Waals surface area contributed by atoms with Crippen molar-refractivity contribution in [3.63, 3.8) is 0 Å².